The van der Waals surface area contributed by atoms with Gasteiger partial charge in [-0.2, -0.15) is 0 Å². The molecule has 5 nitrogen and oxygen atoms in total. The molecule has 128 valence electrons. The van der Waals surface area contributed by atoms with Crippen molar-refractivity contribution in [3.63, 3.8) is 0 Å². The smallest absolute Gasteiger partial charge is 0.237 e. The predicted octanol–water partition coefficient (Wildman–Crippen LogP) is 1.79. The van der Waals surface area contributed by atoms with Crippen LogP contribution in [0.4, 0.5) is 0 Å². The number of methoxy groups -OCH3 is 1. The summed E-state index contributed by atoms with van der Waals surface area (Å²) in [5.74, 6) is 1.45. The number of nitrogens with zero attached hydrogens (tertiary/aromatic N) is 1. The van der Waals surface area contributed by atoms with Crippen molar-refractivity contribution >= 4 is 5.91 Å². The summed E-state index contributed by atoms with van der Waals surface area (Å²) in [5, 5.41) is 12.0. The fourth-order valence-corrected chi connectivity index (χ4v) is 3.16. The molecule has 1 saturated heterocycles. The summed E-state index contributed by atoms with van der Waals surface area (Å²) < 4.78 is 5.31. The Hall–Kier alpha value is -1.59. The van der Waals surface area contributed by atoms with Gasteiger partial charge in [0.1, 0.15) is 5.75 Å². The minimum atomic E-state index is -0.125. The number of likely N-dealkylation sites (tertiary alicyclic amines) is 1. The number of aliphatic hydroxyl groups excluding tert-OH is 1. The lowest BCUT2D eigenvalue weighted by atomic mass is 9.93. The Morgan fingerprint density at radius 3 is 2.74 bits per heavy atom. The van der Waals surface area contributed by atoms with E-state index < -0.39 is 0 Å². The molecule has 0 aromatic heterocycles. The number of benzene rings is 1. The molecule has 0 radical (unpaired) electrons. The number of hydrogen-bond acceptors (Lipinski definition) is 4. The molecule has 1 fully saturated rings. The highest BCUT2D eigenvalue weighted by Gasteiger charge is 2.26. The zero-order valence-electron chi connectivity index (χ0n) is 14.1. The largest absolute Gasteiger partial charge is 0.496 e. The minimum absolute atomic E-state index is 0.0523. The van der Waals surface area contributed by atoms with Crippen LogP contribution in [0.15, 0.2) is 24.3 Å². The van der Waals surface area contributed by atoms with E-state index in [4.69, 9.17) is 9.84 Å². The molecule has 1 aliphatic heterocycles. The molecule has 1 aromatic carbocycles. The molecule has 23 heavy (non-hydrogen) atoms. The number of nitrogens with one attached hydrogen (secondary N) is 1. The van der Waals surface area contributed by atoms with Gasteiger partial charge in [0.15, 0.2) is 0 Å². The molecule has 0 saturated carbocycles. The number of ether oxygens (including phenoxy) is 1. The van der Waals surface area contributed by atoms with Gasteiger partial charge in [0, 0.05) is 18.7 Å². The van der Waals surface area contributed by atoms with Crippen molar-refractivity contribution in [3.05, 3.63) is 29.8 Å². The Labute approximate surface area is 138 Å². The van der Waals surface area contributed by atoms with E-state index in [1.54, 1.807) is 7.11 Å². The van der Waals surface area contributed by atoms with E-state index in [1.165, 1.54) is 0 Å². The highest BCUT2D eigenvalue weighted by atomic mass is 16.5. The molecule has 0 spiro atoms. The van der Waals surface area contributed by atoms with Crippen molar-refractivity contribution < 1.29 is 14.6 Å². The molecule has 1 atom stereocenters. The van der Waals surface area contributed by atoms with Crippen molar-refractivity contribution in [2.75, 3.05) is 26.8 Å². The average Bonchev–Trinajstić information content (AvgIpc) is 2.60. The van der Waals surface area contributed by atoms with Crippen LogP contribution in [-0.2, 0) is 11.3 Å². The molecule has 0 bridgehead atoms. The van der Waals surface area contributed by atoms with Gasteiger partial charge in [0.05, 0.1) is 13.2 Å². The van der Waals surface area contributed by atoms with Crippen LogP contribution in [0.1, 0.15) is 31.7 Å². The summed E-state index contributed by atoms with van der Waals surface area (Å²) in [7, 11) is 1.64. The monoisotopic (exact) mass is 320 g/mol. The summed E-state index contributed by atoms with van der Waals surface area (Å²) in [4.78, 5) is 14.6. The van der Waals surface area contributed by atoms with Crippen LogP contribution >= 0.6 is 0 Å². The van der Waals surface area contributed by atoms with Gasteiger partial charge in [-0.15, -0.1) is 0 Å². The lowest BCUT2D eigenvalue weighted by molar-refractivity contribution is -0.126. The van der Waals surface area contributed by atoms with Crippen LogP contribution < -0.4 is 10.1 Å². The zero-order valence-corrected chi connectivity index (χ0v) is 14.1. The third-order valence-corrected chi connectivity index (χ3v) is 4.76. The van der Waals surface area contributed by atoms with Gasteiger partial charge in [0.2, 0.25) is 5.91 Å². The second-order valence-electron chi connectivity index (χ2n) is 6.20. The Kier molecular flexibility index (Phi) is 6.86. The molecule has 1 amide bonds. The molecule has 1 aromatic rings. The van der Waals surface area contributed by atoms with Crippen molar-refractivity contribution in [3.8, 4) is 5.75 Å². The molecule has 1 heterocycles. The van der Waals surface area contributed by atoms with E-state index in [0.717, 1.165) is 43.7 Å². The quantitative estimate of drug-likeness (QED) is 0.804. The Morgan fingerprint density at radius 2 is 2.09 bits per heavy atom. The van der Waals surface area contributed by atoms with Gasteiger partial charge >= 0.3 is 0 Å². The van der Waals surface area contributed by atoms with Crippen LogP contribution in [0.5, 0.6) is 5.75 Å². The molecule has 0 unspecified atom stereocenters. The minimum Gasteiger partial charge on any atom is -0.496 e. The van der Waals surface area contributed by atoms with Crippen molar-refractivity contribution in [2.24, 2.45) is 5.92 Å². The number of piperidine rings is 1. The Morgan fingerprint density at radius 1 is 1.39 bits per heavy atom. The number of carbonyl (C=O) groups is 1. The third-order valence-electron chi connectivity index (χ3n) is 4.76. The van der Waals surface area contributed by atoms with Gasteiger partial charge in [0.25, 0.3) is 0 Å². The standard InChI is InChI=1S/C18H28N2O3/c1-14(20-10-7-15(8-11-20)9-12-21)18(22)19-13-16-5-3-4-6-17(16)23-2/h3-6,14-15,21H,7-13H2,1-2H3,(H,19,22)/t14-/m1/s1. The number of rotatable bonds is 7. The van der Waals surface area contributed by atoms with E-state index in [9.17, 15) is 4.79 Å². The van der Waals surface area contributed by atoms with Gasteiger partial charge in [-0.1, -0.05) is 18.2 Å². The van der Waals surface area contributed by atoms with E-state index in [1.807, 2.05) is 31.2 Å². The molecule has 5 heteroatoms. The lowest BCUT2D eigenvalue weighted by Gasteiger charge is -2.35. The van der Waals surface area contributed by atoms with Gasteiger partial charge in [-0.25, -0.2) is 0 Å². The summed E-state index contributed by atoms with van der Waals surface area (Å²) >= 11 is 0. The van der Waals surface area contributed by atoms with Crippen molar-refractivity contribution in [2.45, 2.75) is 38.8 Å². The van der Waals surface area contributed by atoms with Crippen LogP contribution in [0, 0.1) is 5.92 Å². The van der Waals surface area contributed by atoms with Gasteiger partial charge < -0.3 is 15.2 Å². The first-order valence-corrected chi connectivity index (χ1v) is 8.40. The number of carbonyl (C=O) groups excluding carboxylic acids is 1. The number of amides is 1. The number of aliphatic hydroxyl groups is 1. The predicted molar refractivity (Wildman–Crippen MR) is 90.3 cm³/mol. The fraction of sp³-hybridized carbons (Fsp3) is 0.611. The zero-order chi connectivity index (χ0) is 16.7. The lowest BCUT2D eigenvalue weighted by Crippen LogP contribution is -2.48. The van der Waals surface area contributed by atoms with E-state index in [-0.39, 0.29) is 18.6 Å². The average molecular weight is 320 g/mol. The normalized spacial score (nSPS) is 17.7. The van der Waals surface area contributed by atoms with Crippen LogP contribution in [-0.4, -0.2) is 48.8 Å². The first kappa shape index (κ1) is 17.8. The van der Waals surface area contributed by atoms with E-state index in [0.29, 0.717) is 12.5 Å². The van der Waals surface area contributed by atoms with Gasteiger partial charge in [-0.05, 0) is 51.3 Å². The molecular weight excluding hydrogens is 292 g/mol. The number of para-hydroxylation sites is 1. The molecular formula is C18H28N2O3. The maximum atomic E-state index is 12.4. The summed E-state index contributed by atoms with van der Waals surface area (Å²) in [5.41, 5.74) is 0.984. The number of hydrogen-bond donors (Lipinski definition) is 2. The van der Waals surface area contributed by atoms with Gasteiger partial charge in [-0.3, -0.25) is 9.69 Å². The highest BCUT2D eigenvalue weighted by molar-refractivity contribution is 5.81. The molecule has 2 N–H and O–H groups in total. The first-order valence-electron chi connectivity index (χ1n) is 8.40. The SMILES string of the molecule is COc1ccccc1CNC(=O)[C@@H](C)N1CCC(CCO)CC1. The molecule has 0 aliphatic carbocycles. The Bertz CT molecular complexity index is 499. The fourth-order valence-electron chi connectivity index (χ4n) is 3.16. The summed E-state index contributed by atoms with van der Waals surface area (Å²) in [6.45, 7) is 4.56. The van der Waals surface area contributed by atoms with Crippen LogP contribution in [0.2, 0.25) is 0 Å². The third kappa shape index (κ3) is 4.94. The van der Waals surface area contributed by atoms with Crippen LogP contribution in [0.3, 0.4) is 0 Å². The highest BCUT2D eigenvalue weighted by Crippen LogP contribution is 2.22. The van der Waals surface area contributed by atoms with Crippen molar-refractivity contribution in [1.82, 2.24) is 10.2 Å². The molecule has 2 rings (SSSR count). The van der Waals surface area contributed by atoms with Crippen LogP contribution in [0.25, 0.3) is 0 Å². The maximum absolute atomic E-state index is 12.4. The molecule has 1 aliphatic rings. The topological polar surface area (TPSA) is 61.8 Å². The van der Waals surface area contributed by atoms with E-state index >= 15 is 0 Å². The Balaban J connectivity index is 1.81. The maximum Gasteiger partial charge on any atom is 0.237 e. The second-order valence-corrected chi connectivity index (χ2v) is 6.20. The first-order chi connectivity index (χ1) is 11.2. The van der Waals surface area contributed by atoms with Crippen molar-refractivity contribution in [1.29, 1.82) is 0 Å². The summed E-state index contributed by atoms with van der Waals surface area (Å²) in [6, 6.07) is 7.60. The summed E-state index contributed by atoms with van der Waals surface area (Å²) in [6.07, 6.45) is 3.00. The van der Waals surface area contributed by atoms with E-state index in [2.05, 4.69) is 10.2 Å². The second kappa shape index (κ2) is 8.89.